The number of carbonyl (C=O) groups is 1. The summed E-state index contributed by atoms with van der Waals surface area (Å²) in [4.78, 5) is 20.1. The lowest BCUT2D eigenvalue weighted by Crippen LogP contribution is -2.45. The van der Waals surface area contributed by atoms with Gasteiger partial charge in [-0.05, 0) is 22.4 Å². The van der Waals surface area contributed by atoms with Crippen molar-refractivity contribution in [3.05, 3.63) is 34.8 Å². The number of nitrogens with one attached hydrogen (secondary N) is 2. The Morgan fingerprint density at radius 3 is 2.81 bits per heavy atom. The molecule has 0 aliphatic carbocycles. The second-order valence-corrected chi connectivity index (χ2v) is 5.92. The molecule has 1 saturated heterocycles. The number of halogens is 1. The minimum absolute atomic E-state index is 0.0353. The van der Waals surface area contributed by atoms with Gasteiger partial charge in [0.25, 0.3) is 0 Å². The molecule has 2 aromatic heterocycles. The van der Waals surface area contributed by atoms with E-state index in [0.717, 1.165) is 16.5 Å². The van der Waals surface area contributed by atoms with Gasteiger partial charge in [-0.25, -0.2) is 9.97 Å². The van der Waals surface area contributed by atoms with Gasteiger partial charge in [0.1, 0.15) is 0 Å². The smallest absolute Gasteiger partial charge is 0.222 e. The highest BCUT2D eigenvalue weighted by Gasteiger charge is 2.31. The summed E-state index contributed by atoms with van der Waals surface area (Å²) in [7, 11) is 1.86. The Bertz CT molecular complexity index is 640. The lowest BCUT2D eigenvalue weighted by Gasteiger charge is -2.32. The molecule has 2 N–H and O–H groups in total. The molecular weight excluding hydrogens is 336 g/mol. The molecule has 1 amide bonds. The number of piperidine rings is 1. The van der Waals surface area contributed by atoms with Crippen molar-refractivity contribution < 1.29 is 4.79 Å². The van der Waals surface area contributed by atoms with Gasteiger partial charge in [0.05, 0.1) is 22.8 Å². The molecule has 1 aliphatic heterocycles. The van der Waals surface area contributed by atoms with Gasteiger partial charge in [0.15, 0.2) is 0 Å². The van der Waals surface area contributed by atoms with E-state index in [9.17, 15) is 4.79 Å². The SMILES string of the molecule is Cn1cc([C@@H]2NC(=O)CC[C@H]2Nc2ncc(Br)cn2)cn1. The zero-order chi connectivity index (χ0) is 14.8. The van der Waals surface area contributed by atoms with Crippen LogP contribution in [0.2, 0.25) is 0 Å². The van der Waals surface area contributed by atoms with E-state index in [0.29, 0.717) is 12.4 Å². The first kappa shape index (κ1) is 14.0. The van der Waals surface area contributed by atoms with E-state index in [2.05, 4.69) is 41.6 Å². The Labute approximate surface area is 130 Å². The van der Waals surface area contributed by atoms with Gasteiger partial charge >= 0.3 is 0 Å². The average Bonchev–Trinajstić information content (AvgIpc) is 2.90. The molecule has 0 saturated carbocycles. The first-order valence-corrected chi connectivity index (χ1v) is 7.43. The van der Waals surface area contributed by atoms with Crippen molar-refractivity contribution >= 4 is 27.8 Å². The van der Waals surface area contributed by atoms with Crippen molar-refractivity contribution in [3.63, 3.8) is 0 Å². The Balaban J connectivity index is 1.80. The van der Waals surface area contributed by atoms with E-state index in [4.69, 9.17) is 0 Å². The minimum Gasteiger partial charge on any atom is -0.349 e. The number of aromatic nitrogens is 4. The van der Waals surface area contributed by atoms with Crippen LogP contribution in [0.5, 0.6) is 0 Å². The summed E-state index contributed by atoms with van der Waals surface area (Å²) in [5, 5.41) is 10.5. The second-order valence-electron chi connectivity index (χ2n) is 5.01. The zero-order valence-corrected chi connectivity index (χ0v) is 13.0. The summed E-state index contributed by atoms with van der Waals surface area (Å²) in [5.41, 5.74) is 0.972. The predicted molar refractivity (Wildman–Crippen MR) is 80.5 cm³/mol. The van der Waals surface area contributed by atoms with E-state index < -0.39 is 0 Å². The number of hydrogen-bond acceptors (Lipinski definition) is 5. The molecule has 1 fully saturated rings. The van der Waals surface area contributed by atoms with E-state index in [1.807, 2.05) is 13.2 Å². The third-order valence-corrected chi connectivity index (χ3v) is 3.83. The van der Waals surface area contributed by atoms with Gasteiger partial charge in [-0.3, -0.25) is 9.48 Å². The van der Waals surface area contributed by atoms with Gasteiger partial charge in [0, 0.05) is 37.6 Å². The molecule has 2 atom stereocenters. The van der Waals surface area contributed by atoms with E-state index in [-0.39, 0.29) is 18.0 Å². The van der Waals surface area contributed by atoms with Gasteiger partial charge in [0.2, 0.25) is 11.9 Å². The molecule has 8 heteroatoms. The van der Waals surface area contributed by atoms with Crippen LogP contribution in [0.15, 0.2) is 29.3 Å². The maximum absolute atomic E-state index is 11.7. The molecule has 21 heavy (non-hydrogen) atoms. The quantitative estimate of drug-likeness (QED) is 0.873. The summed E-state index contributed by atoms with van der Waals surface area (Å²) in [6.07, 6.45) is 8.28. The van der Waals surface area contributed by atoms with Gasteiger partial charge < -0.3 is 10.6 Å². The molecule has 0 bridgehead atoms. The van der Waals surface area contributed by atoms with Crippen molar-refractivity contribution in [2.75, 3.05) is 5.32 Å². The summed E-state index contributed by atoms with van der Waals surface area (Å²) < 4.78 is 2.55. The number of amides is 1. The molecule has 0 unspecified atom stereocenters. The van der Waals surface area contributed by atoms with Crippen molar-refractivity contribution in [2.24, 2.45) is 7.05 Å². The Morgan fingerprint density at radius 1 is 1.38 bits per heavy atom. The average molecular weight is 351 g/mol. The number of carbonyl (C=O) groups excluding carboxylic acids is 1. The first-order valence-electron chi connectivity index (χ1n) is 6.64. The van der Waals surface area contributed by atoms with Crippen molar-refractivity contribution in [1.82, 2.24) is 25.1 Å². The van der Waals surface area contributed by atoms with Gasteiger partial charge in [-0.1, -0.05) is 0 Å². The van der Waals surface area contributed by atoms with Crippen LogP contribution in [-0.2, 0) is 11.8 Å². The lowest BCUT2D eigenvalue weighted by atomic mass is 9.94. The van der Waals surface area contributed by atoms with Gasteiger partial charge in [-0.15, -0.1) is 0 Å². The monoisotopic (exact) mass is 350 g/mol. The third-order valence-electron chi connectivity index (χ3n) is 3.42. The number of anilines is 1. The standard InChI is InChI=1S/C13H15BrN6O/c1-20-7-8(4-17-20)12-10(2-3-11(21)19-12)18-13-15-5-9(14)6-16-13/h4-7,10,12H,2-3H2,1H3,(H,19,21)(H,15,16,18)/t10-,12+/m1/s1. The molecule has 2 aromatic rings. The lowest BCUT2D eigenvalue weighted by molar-refractivity contribution is -0.123. The van der Waals surface area contributed by atoms with Crippen LogP contribution in [0.3, 0.4) is 0 Å². The van der Waals surface area contributed by atoms with Crippen LogP contribution < -0.4 is 10.6 Å². The Morgan fingerprint density at radius 2 is 2.14 bits per heavy atom. The second kappa shape index (κ2) is 5.80. The van der Waals surface area contributed by atoms with Crippen LogP contribution in [0, 0.1) is 0 Å². The van der Waals surface area contributed by atoms with Crippen LogP contribution >= 0.6 is 15.9 Å². The zero-order valence-electron chi connectivity index (χ0n) is 11.5. The van der Waals surface area contributed by atoms with E-state index in [1.165, 1.54) is 0 Å². The fourth-order valence-corrected chi connectivity index (χ4v) is 2.63. The topological polar surface area (TPSA) is 84.7 Å². The highest BCUT2D eigenvalue weighted by Crippen LogP contribution is 2.26. The molecule has 7 nitrogen and oxygen atoms in total. The third kappa shape index (κ3) is 3.21. The largest absolute Gasteiger partial charge is 0.349 e. The van der Waals surface area contributed by atoms with E-state index >= 15 is 0 Å². The van der Waals surface area contributed by atoms with Crippen molar-refractivity contribution in [1.29, 1.82) is 0 Å². The summed E-state index contributed by atoms with van der Waals surface area (Å²) >= 11 is 3.31. The summed E-state index contributed by atoms with van der Waals surface area (Å²) in [5.74, 6) is 0.604. The number of aryl methyl sites for hydroxylation is 1. The van der Waals surface area contributed by atoms with E-state index in [1.54, 1.807) is 23.3 Å². The maximum atomic E-state index is 11.7. The van der Waals surface area contributed by atoms with Crippen LogP contribution in [-0.4, -0.2) is 31.7 Å². The van der Waals surface area contributed by atoms with Gasteiger partial charge in [-0.2, -0.15) is 5.10 Å². The molecule has 0 aromatic carbocycles. The summed E-state index contributed by atoms with van der Waals surface area (Å²) in [6, 6.07) is -0.0970. The number of rotatable bonds is 3. The van der Waals surface area contributed by atoms with Crippen LogP contribution in [0.25, 0.3) is 0 Å². The fraction of sp³-hybridized carbons (Fsp3) is 0.385. The normalized spacial score (nSPS) is 21.9. The number of nitrogens with zero attached hydrogens (tertiary/aromatic N) is 4. The Hall–Kier alpha value is -1.96. The molecule has 110 valence electrons. The first-order chi connectivity index (χ1) is 10.1. The molecule has 3 rings (SSSR count). The maximum Gasteiger partial charge on any atom is 0.222 e. The Kier molecular flexibility index (Phi) is 3.87. The van der Waals surface area contributed by atoms with Crippen LogP contribution in [0.1, 0.15) is 24.4 Å². The molecular formula is C13H15BrN6O. The fourth-order valence-electron chi connectivity index (χ4n) is 2.42. The summed E-state index contributed by atoms with van der Waals surface area (Å²) in [6.45, 7) is 0. The highest BCUT2D eigenvalue weighted by molar-refractivity contribution is 9.10. The predicted octanol–water partition coefficient (Wildman–Crippen LogP) is 1.40. The molecule has 3 heterocycles. The number of hydrogen-bond donors (Lipinski definition) is 2. The molecule has 0 radical (unpaired) electrons. The molecule has 1 aliphatic rings. The highest BCUT2D eigenvalue weighted by atomic mass is 79.9. The minimum atomic E-state index is -0.132. The van der Waals surface area contributed by atoms with Crippen molar-refractivity contribution in [3.8, 4) is 0 Å². The van der Waals surface area contributed by atoms with Crippen LogP contribution in [0.4, 0.5) is 5.95 Å². The van der Waals surface area contributed by atoms with Crippen molar-refractivity contribution in [2.45, 2.75) is 24.9 Å². The molecule has 0 spiro atoms.